The minimum atomic E-state index is -4.27. The van der Waals surface area contributed by atoms with Gasteiger partial charge in [0.05, 0.1) is 24.8 Å². The smallest absolute Gasteiger partial charge is 0.262 e. The molecule has 0 saturated heterocycles. The summed E-state index contributed by atoms with van der Waals surface area (Å²) in [7, 11) is -1.55. The van der Waals surface area contributed by atoms with Crippen LogP contribution in [0.5, 0.6) is 11.5 Å². The minimum absolute atomic E-state index is 0.147. The second kappa shape index (κ2) is 6.60. The Hall–Kier alpha value is -2.42. The van der Waals surface area contributed by atoms with Crippen LogP contribution in [0, 0.1) is 24.4 Å². The lowest BCUT2D eigenvalue weighted by atomic mass is 10.2. The molecule has 1 N–H and O–H groups in total. The van der Waals surface area contributed by atoms with E-state index in [-0.39, 0.29) is 10.6 Å². The van der Waals surface area contributed by atoms with E-state index in [1.54, 1.807) is 0 Å². The first-order valence-electron chi connectivity index (χ1n) is 6.60. The number of aryl methyl sites for hydroxylation is 1. The van der Waals surface area contributed by atoms with Gasteiger partial charge in [0.2, 0.25) is 0 Å². The molecule has 9 heteroatoms. The van der Waals surface area contributed by atoms with Crippen LogP contribution < -0.4 is 14.2 Å². The average Bonchev–Trinajstić information content (AvgIpc) is 2.54. The van der Waals surface area contributed by atoms with Crippen LogP contribution in [0.25, 0.3) is 0 Å². The molecule has 0 radical (unpaired) electrons. The van der Waals surface area contributed by atoms with Crippen LogP contribution in [0.1, 0.15) is 5.56 Å². The van der Waals surface area contributed by atoms with Crippen LogP contribution in [0.2, 0.25) is 0 Å². The van der Waals surface area contributed by atoms with Crippen molar-refractivity contribution in [2.45, 2.75) is 11.8 Å². The Labute approximate surface area is 137 Å². The van der Waals surface area contributed by atoms with Gasteiger partial charge >= 0.3 is 0 Å². The molecule has 0 aliphatic heterocycles. The monoisotopic (exact) mass is 361 g/mol. The number of benzene rings is 2. The summed E-state index contributed by atoms with van der Waals surface area (Å²) in [5.74, 6) is -4.35. The fraction of sp³-hybridized carbons (Fsp3) is 0.200. The van der Waals surface area contributed by atoms with Crippen molar-refractivity contribution in [3.8, 4) is 11.5 Å². The molecule has 24 heavy (non-hydrogen) atoms. The summed E-state index contributed by atoms with van der Waals surface area (Å²) in [6, 6.07) is 4.03. The number of hydrogen-bond donors (Lipinski definition) is 1. The molecule has 2 aromatic rings. The minimum Gasteiger partial charge on any atom is -0.493 e. The van der Waals surface area contributed by atoms with E-state index in [1.807, 2.05) is 4.72 Å². The highest BCUT2D eigenvalue weighted by atomic mass is 32.2. The molecular weight excluding hydrogens is 347 g/mol. The normalized spacial score (nSPS) is 11.2. The van der Waals surface area contributed by atoms with Crippen LogP contribution in [-0.2, 0) is 10.0 Å². The van der Waals surface area contributed by atoms with E-state index >= 15 is 0 Å². The second-order valence-electron chi connectivity index (χ2n) is 4.80. The fourth-order valence-electron chi connectivity index (χ4n) is 2.06. The summed E-state index contributed by atoms with van der Waals surface area (Å²) >= 11 is 0. The molecule has 0 saturated carbocycles. The van der Waals surface area contributed by atoms with Gasteiger partial charge in [-0.05, 0) is 30.7 Å². The lowest BCUT2D eigenvalue weighted by Gasteiger charge is -2.14. The highest BCUT2D eigenvalue weighted by molar-refractivity contribution is 7.92. The first-order chi connectivity index (χ1) is 11.2. The van der Waals surface area contributed by atoms with E-state index in [1.165, 1.54) is 33.3 Å². The van der Waals surface area contributed by atoms with E-state index in [2.05, 4.69) is 0 Å². The Morgan fingerprint density at radius 1 is 0.958 bits per heavy atom. The zero-order chi connectivity index (χ0) is 18.1. The zero-order valence-electron chi connectivity index (χ0n) is 13.0. The quantitative estimate of drug-likeness (QED) is 0.831. The molecule has 0 aliphatic rings. The highest BCUT2D eigenvalue weighted by Gasteiger charge is 2.23. The fourth-order valence-corrected chi connectivity index (χ4v) is 3.36. The second-order valence-corrected chi connectivity index (χ2v) is 6.45. The molecule has 5 nitrogen and oxygen atoms in total. The third kappa shape index (κ3) is 3.25. The lowest BCUT2D eigenvalue weighted by molar-refractivity contribution is 0.353. The first-order valence-corrected chi connectivity index (χ1v) is 8.08. The number of halogens is 3. The van der Waals surface area contributed by atoms with Crippen LogP contribution in [0.4, 0.5) is 18.9 Å². The number of nitrogens with one attached hydrogen (secondary N) is 1. The maximum Gasteiger partial charge on any atom is 0.262 e. The number of hydrogen-bond acceptors (Lipinski definition) is 4. The standard InChI is InChI=1S/C15H14F3NO4S/c1-8-6-11(22-2)12(23-3)7-13(8)24(20,21)19-10-5-4-9(16)14(17)15(10)18/h4-7,19H,1-3H3. The van der Waals surface area contributed by atoms with Gasteiger partial charge in [-0.3, -0.25) is 4.72 Å². The van der Waals surface area contributed by atoms with Crippen LogP contribution in [-0.4, -0.2) is 22.6 Å². The third-order valence-electron chi connectivity index (χ3n) is 3.25. The topological polar surface area (TPSA) is 64.6 Å². The van der Waals surface area contributed by atoms with Crippen LogP contribution in [0.15, 0.2) is 29.2 Å². The Bertz CT molecular complexity index is 885. The summed E-state index contributed by atoms with van der Waals surface area (Å²) in [5.41, 5.74) is -0.411. The van der Waals surface area contributed by atoms with Gasteiger partial charge in [-0.2, -0.15) is 0 Å². The van der Waals surface area contributed by atoms with Crippen molar-refractivity contribution in [2.24, 2.45) is 0 Å². The first kappa shape index (κ1) is 17.9. The molecule has 0 aromatic heterocycles. The molecule has 0 amide bonds. The Morgan fingerprint density at radius 3 is 2.12 bits per heavy atom. The maximum atomic E-state index is 13.7. The van der Waals surface area contributed by atoms with Gasteiger partial charge in [0, 0.05) is 6.07 Å². The molecule has 130 valence electrons. The van der Waals surface area contributed by atoms with E-state index in [9.17, 15) is 21.6 Å². The van der Waals surface area contributed by atoms with E-state index in [4.69, 9.17) is 9.47 Å². The van der Waals surface area contributed by atoms with Gasteiger partial charge in [0.15, 0.2) is 29.0 Å². The predicted molar refractivity (Wildman–Crippen MR) is 81.4 cm³/mol. The lowest BCUT2D eigenvalue weighted by Crippen LogP contribution is -2.16. The molecule has 0 bridgehead atoms. The molecule has 0 heterocycles. The van der Waals surface area contributed by atoms with Crippen LogP contribution in [0.3, 0.4) is 0 Å². The summed E-state index contributed by atoms with van der Waals surface area (Å²) in [6.45, 7) is 1.50. The van der Waals surface area contributed by atoms with Gasteiger partial charge in [-0.15, -0.1) is 0 Å². The zero-order valence-corrected chi connectivity index (χ0v) is 13.8. The summed E-state index contributed by atoms with van der Waals surface area (Å²) in [5, 5.41) is 0. The van der Waals surface area contributed by atoms with Crippen molar-refractivity contribution < 1.29 is 31.1 Å². The van der Waals surface area contributed by atoms with E-state index in [0.29, 0.717) is 17.4 Å². The predicted octanol–water partition coefficient (Wildman–Crippen LogP) is 3.23. The van der Waals surface area contributed by atoms with Gasteiger partial charge in [-0.25, -0.2) is 21.6 Å². The van der Waals surface area contributed by atoms with Gasteiger partial charge in [-0.1, -0.05) is 0 Å². The number of sulfonamides is 1. The molecule has 0 atom stereocenters. The van der Waals surface area contributed by atoms with E-state index < -0.39 is 33.2 Å². The van der Waals surface area contributed by atoms with Crippen molar-refractivity contribution in [1.82, 2.24) is 0 Å². The van der Waals surface area contributed by atoms with E-state index in [0.717, 1.165) is 6.07 Å². The molecule has 2 rings (SSSR count). The van der Waals surface area contributed by atoms with Crippen molar-refractivity contribution >= 4 is 15.7 Å². The van der Waals surface area contributed by atoms with Crippen molar-refractivity contribution in [3.05, 3.63) is 47.3 Å². The molecular formula is C15H14F3NO4S. The Morgan fingerprint density at radius 2 is 1.54 bits per heavy atom. The Kier molecular flexibility index (Phi) is 4.93. The van der Waals surface area contributed by atoms with Gasteiger partial charge < -0.3 is 9.47 Å². The van der Waals surface area contributed by atoms with Crippen molar-refractivity contribution in [3.63, 3.8) is 0 Å². The average molecular weight is 361 g/mol. The maximum absolute atomic E-state index is 13.7. The summed E-state index contributed by atoms with van der Waals surface area (Å²) in [4.78, 5) is -0.218. The highest BCUT2D eigenvalue weighted by Crippen LogP contribution is 2.33. The number of methoxy groups -OCH3 is 2. The van der Waals surface area contributed by atoms with Gasteiger partial charge in [0.1, 0.15) is 0 Å². The SMILES string of the molecule is COc1cc(C)c(S(=O)(=O)Nc2ccc(F)c(F)c2F)cc1OC. The number of rotatable bonds is 5. The molecule has 2 aromatic carbocycles. The van der Waals surface area contributed by atoms with Crippen molar-refractivity contribution in [1.29, 1.82) is 0 Å². The molecule has 0 unspecified atom stereocenters. The Balaban J connectivity index is 2.50. The molecule has 0 spiro atoms. The summed E-state index contributed by atoms with van der Waals surface area (Å²) in [6.07, 6.45) is 0. The molecule has 0 aliphatic carbocycles. The number of ether oxygens (including phenoxy) is 2. The largest absolute Gasteiger partial charge is 0.493 e. The summed E-state index contributed by atoms with van der Waals surface area (Å²) < 4.78 is 76.8. The van der Waals surface area contributed by atoms with Gasteiger partial charge in [0.25, 0.3) is 10.0 Å². The van der Waals surface area contributed by atoms with Crippen molar-refractivity contribution in [2.75, 3.05) is 18.9 Å². The number of anilines is 1. The third-order valence-corrected chi connectivity index (χ3v) is 4.76. The molecule has 0 fully saturated rings. The van der Waals surface area contributed by atoms with Crippen LogP contribution >= 0.6 is 0 Å².